The van der Waals surface area contributed by atoms with E-state index in [2.05, 4.69) is 10.6 Å². The molecule has 0 aliphatic heterocycles. The predicted molar refractivity (Wildman–Crippen MR) is 124 cm³/mol. The van der Waals surface area contributed by atoms with E-state index in [-0.39, 0.29) is 21.1 Å². The number of rotatable bonds is 10. The summed E-state index contributed by atoms with van der Waals surface area (Å²) in [7, 11) is -0.0121. The molecule has 0 bridgehead atoms. The van der Waals surface area contributed by atoms with Crippen molar-refractivity contribution in [3.8, 4) is 11.1 Å². The molecule has 3 atom stereocenters. The van der Waals surface area contributed by atoms with Crippen LogP contribution in [0.4, 0.5) is 4.79 Å². The van der Waals surface area contributed by atoms with E-state index in [1.54, 1.807) is 0 Å². The first-order valence-corrected chi connectivity index (χ1v) is 11.8. The lowest BCUT2D eigenvalue weighted by atomic mass is 9.98. The number of ether oxygens (including phenoxy) is 1. The molecule has 174 valence electrons. The molecule has 0 aromatic heterocycles. The fourth-order valence-electron chi connectivity index (χ4n) is 3.83. The number of nitrogens with one attached hydrogen (secondary N) is 2. The summed E-state index contributed by atoms with van der Waals surface area (Å²) in [4.78, 5) is 47.4. The SMILES string of the molecule is CCP[C@H](NC(=O)OCC1c2ccccc2-c2ccccc21)C(=O)N[C@@H](CC(N)=O)C(=O)O. The summed E-state index contributed by atoms with van der Waals surface area (Å²) in [6.45, 7) is 1.92. The number of fused-ring (bicyclic) bond motifs is 3. The van der Waals surface area contributed by atoms with Gasteiger partial charge in [0.2, 0.25) is 11.8 Å². The minimum Gasteiger partial charge on any atom is -0.480 e. The molecule has 0 spiro atoms. The van der Waals surface area contributed by atoms with Crippen molar-refractivity contribution in [3.05, 3.63) is 59.7 Å². The summed E-state index contributed by atoms with van der Waals surface area (Å²) in [5.74, 6) is -4.07. The molecule has 1 aliphatic rings. The normalized spacial score (nSPS) is 14.2. The largest absolute Gasteiger partial charge is 0.480 e. The van der Waals surface area contributed by atoms with E-state index in [4.69, 9.17) is 10.5 Å². The van der Waals surface area contributed by atoms with Gasteiger partial charge < -0.3 is 26.2 Å². The Morgan fingerprint density at radius 3 is 2.12 bits per heavy atom. The van der Waals surface area contributed by atoms with E-state index in [0.29, 0.717) is 6.16 Å². The molecular weight excluding hydrogens is 445 g/mol. The standard InChI is InChI=1S/C23H26N3O6P/c1-2-33-21(20(28)25-18(22(29)30)11-19(24)27)26-23(31)32-12-17-15-9-5-3-7-13(15)14-8-4-6-10-16(14)17/h3-10,17-18,21,33H,2,11-12H2,1H3,(H2,24,27)(H,25,28)(H,26,31)(H,29,30)/t18-,21-/m0/s1. The Kier molecular flexibility index (Phi) is 8.01. The van der Waals surface area contributed by atoms with E-state index in [1.807, 2.05) is 55.5 Å². The van der Waals surface area contributed by atoms with Gasteiger partial charge >= 0.3 is 12.1 Å². The number of benzene rings is 2. The van der Waals surface area contributed by atoms with Crippen molar-refractivity contribution in [2.24, 2.45) is 5.73 Å². The van der Waals surface area contributed by atoms with Crippen LogP contribution in [0, 0.1) is 0 Å². The zero-order chi connectivity index (χ0) is 24.0. The van der Waals surface area contributed by atoms with E-state index in [0.717, 1.165) is 22.3 Å². The Balaban J connectivity index is 1.64. The van der Waals surface area contributed by atoms with Crippen molar-refractivity contribution in [2.45, 2.75) is 31.1 Å². The fraction of sp³-hybridized carbons (Fsp3) is 0.304. The van der Waals surface area contributed by atoms with Gasteiger partial charge in [-0.2, -0.15) is 0 Å². The van der Waals surface area contributed by atoms with Crippen molar-refractivity contribution in [1.29, 1.82) is 0 Å². The van der Waals surface area contributed by atoms with Crippen LogP contribution in [0.1, 0.15) is 30.4 Å². The van der Waals surface area contributed by atoms with E-state index in [9.17, 15) is 24.3 Å². The minimum absolute atomic E-state index is 0.0121. The molecule has 3 rings (SSSR count). The van der Waals surface area contributed by atoms with E-state index < -0.39 is 42.1 Å². The van der Waals surface area contributed by atoms with Gasteiger partial charge in [-0.3, -0.25) is 9.59 Å². The third-order valence-electron chi connectivity index (χ3n) is 5.30. The highest BCUT2D eigenvalue weighted by Crippen LogP contribution is 2.44. The average Bonchev–Trinajstić information content (AvgIpc) is 3.10. The fourth-order valence-corrected chi connectivity index (χ4v) is 4.72. The molecule has 2 aromatic rings. The number of carbonyl (C=O) groups excluding carboxylic acids is 3. The lowest BCUT2D eigenvalue weighted by Gasteiger charge is -2.21. The minimum atomic E-state index is -1.47. The molecule has 0 radical (unpaired) electrons. The molecule has 0 saturated heterocycles. The Morgan fingerprint density at radius 2 is 1.61 bits per heavy atom. The molecule has 1 unspecified atom stereocenters. The van der Waals surface area contributed by atoms with Gasteiger partial charge in [-0.15, -0.1) is 0 Å². The molecule has 2 aromatic carbocycles. The monoisotopic (exact) mass is 471 g/mol. The van der Waals surface area contributed by atoms with E-state index >= 15 is 0 Å². The van der Waals surface area contributed by atoms with Crippen LogP contribution in [0.5, 0.6) is 0 Å². The maximum Gasteiger partial charge on any atom is 0.408 e. The molecule has 33 heavy (non-hydrogen) atoms. The number of alkyl carbamates (subject to hydrolysis) is 1. The van der Waals surface area contributed by atoms with Crippen LogP contribution in [0.2, 0.25) is 0 Å². The number of carbonyl (C=O) groups is 4. The van der Waals surface area contributed by atoms with Gasteiger partial charge in [0.25, 0.3) is 0 Å². The Bertz CT molecular complexity index is 1010. The summed E-state index contributed by atoms with van der Waals surface area (Å²) in [5.41, 5.74) is 9.37. The number of primary amides is 1. The summed E-state index contributed by atoms with van der Waals surface area (Å²) < 4.78 is 5.47. The second-order valence-electron chi connectivity index (χ2n) is 7.53. The number of nitrogens with two attached hydrogens (primary N) is 1. The van der Waals surface area contributed by atoms with Crippen molar-refractivity contribution in [3.63, 3.8) is 0 Å². The highest BCUT2D eigenvalue weighted by atomic mass is 31.1. The molecule has 10 heteroatoms. The van der Waals surface area contributed by atoms with Crippen LogP contribution in [-0.4, -0.2) is 53.6 Å². The van der Waals surface area contributed by atoms with Crippen LogP contribution in [-0.2, 0) is 19.1 Å². The lowest BCUT2D eigenvalue weighted by Crippen LogP contribution is -2.51. The third-order valence-corrected chi connectivity index (χ3v) is 6.52. The number of carboxylic acid groups (broad SMARTS) is 1. The number of hydrogen-bond donors (Lipinski definition) is 4. The lowest BCUT2D eigenvalue weighted by molar-refractivity contribution is -0.143. The van der Waals surface area contributed by atoms with Crippen molar-refractivity contribution < 1.29 is 29.0 Å². The summed E-state index contributed by atoms with van der Waals surface area (Å²) in [6.07, 6.45) is -0.747. The number of aliphatic carboxylic acids is 1. The number of carboxylic acids is 1. The molecule has 9 nitrogen and oxygen atoms in total. The first kappa shape index (κ1) is 24.2. The van der Waals surface area contributed by atoms with Gasteiger partial charge in [-0.1, -0.05) is 64.0 Å². The van der Waals surface area contributed by atoms with Crippen LogP contribution < -0.4 is 16.4 Å². The van der Waals surface area contributed by atoms with Crippen LogP contribution in [0.25, 0.3) is 11.1 Å². The quantitative estimate of drug-likeness (QED) is 0.390. The second kappa shape index (κ2) is 10.9. The first-order chi connectivity index (χ1) is 15.8. The van der Waals surface area contributed by atoms with Crippen LogP contribution in [0.3, 0.4) is 0 Å². The molecular formula is C23H26N3O6P. The molecule has 0 fully saturated rings. The van der Waals surface area contributed by atoms with E-state index in [1.165, 1.54) is 0 Å². The van der Waals surface area contributed by atoms with Crippen LogP contribution in [0.15, 0.2) is 48.5 Å². The first-order valence-electron chi connectivity index (χ1n) is 10.5. The Hall–Kier alpha value is -3.45. The highest BCUT2D eigenvalue weighted by Gasteiger charge is 2.30. The molecule has 1 aliphatic carbocycles. The van der Waals surface area contributed by atoms with Crippen molar-refractivity contribution in [1.82, 2.24) is 10.6 Å². The summed E-state index contributed by atoms with van der Waals surface area (Å²) in [6, 6.07) is 14.4. The highest BCUT2D eigenvalue weighted by molar-refractivity contribution is 7.40. The molecule has 3 amide bonds. The summed E-state index contributed by atoms with van der Waals surface area (Å²) in [5, 5.41) is 14.0. The number of hydrogen-bond acceptors (Lipinski definition) is 5. The Labute approximate surface area is 192 Å². The molecule has 5 N–H and O–H groups in total. The van der Waals surface area contributed by atoms with Crippen molar-refractivity contribution in [2.75, 3.05) is 12.8 Å². The topological polar surface area (TPSA) is 148 Å². The van der Waals surface area contributed by atoms with Gasteiger partial charge in [0.1, 0.15) is 18.4 Å². The van der Waals surface area contributed by atoms with Gasteiger partial charge in [0.15, 0.2) is 0 Å². The van der Waals surface area contributed by atoms with Gasteiger partial charge in [0, 0.05) is 5.92 Å². The zero-order valence-corrected chi connectivity index (χ0v) is 19.0. The summed E-state index contributed by atoms with van der Waals surface area (Å²) >= 11 is 0. The van der Waals surface area contributed by atoms with Crippen molar-refractivity contribution >= 4 is 32.5 Å². The second-order valence-corrected chi connectivity index (χ2v) is 9.22. The number of amides is 3. The maximum atomic E-state index is 12.6. The Morgan fingerprint density at radius 1 is 1.03 bits per heavy atom. The third kappa shape index (κ3) is 5.87. The van der Waals surface area contributed by atoms with Gasteiger partial charge in [-0.25, -0.2) is 9.59 Å². The molecule has 0 heterocycles. The van der Waals surface area contributed by atoms with Gasteiger partial charge in [-0.05, 0) is 28.4 Å². The maximum absolute atomic E-state index is 12.6. The molecule has 0 saturated carbocycles. The smallest absolute Gasteiger partial charge is 0.408 e. The average molecular weight is 471 g/mol. The van der Waals surface area contributed by atoms with Gasteiger partial charge in [0.05, 0.1) is 6.42 Å². The zero-order valence-electron chi connectivity index (χ0n) is 18.0. The van der Waals surface area contributed by atoms with Crippen LogP contribution >= 0.6 is 8.58 Å². The predicted octanol–water partition coefficient (Wildman–Crippen LogP) is 1.99.